The lowest BCUT2D eigenvalue weighted by Gasteiger charge is -2.11. The number of hydrogen-bond donors (Lipinski definition) is 3. The van der Waals surface area contributed by atoms with E-state index in [4.69, 9.17) is 10.8 Å². The highest BCUT2D eigenvalue weighted by atomic mass is 16.4. The number of nitrogens with one attached hydrogen (secondary N) is 1. The number of aliphatic carboxylic acids is 1. The predicted octanol–water partition coefficient (Wildman–Crippen LogP) is 1.04. The number of nitrogens with two attached hydrogens (primary N) is 1. The highest BCUT2D eigenvalue weighted by Crippen LogP contribution is 2.13. The summed E-state index contributed by atoms with van der Waals surface area (Å²) >= 11 is 0. The number of carbonyl (C=O) groups excluding carboxylic acids is 1. The average Bonchev–Trinajstić information content (AvgIpc) is 2.14. The highest BCUT2D eigenvalue weighted by Gasteiger charge is 2.17. The smallest absolute Gasteiger partial charge is 0.305 e. The lowest BCUT2D eigenvalue weighted by molar-refractivity contribution is -0.138. The van der Waals surface area contributed by atoms with Gasteiger partial charge in [0.2, 0.25) is 5.91 Å². The van der Waals surface area contributed by atoms with Gasteiger partial charge in [-0.25, -0.2) is 0 Å². The van der Waals surface area contributed by atoms with Gasteiger partial charge in [0, 0.05) is 5.69 Å². The van der Waals surface area contributed by atoms with Gasteiger partial charge in [0.1, 0.15) is 0 Å². The Hall–Kier alpha value is -1.88. The van der Waals surface area contributed by atoms with Crippen molar-refractivity contribution in [1.29, 1.82) is 0 Å². The quantitative estimate of drug-likeness (QED) is 0.728. The van der Waals surface area contributed by atoms with Gasteiger partial charge in [0.05, 0.1) is 12.5 Å². The molecule has 17 heavy (non-hydrogen) atoms. The summed E-state index contributed by atoms with van der Waals surface area (Å²) in [6, 6.07) is 4.55. The molecule has 0 aliphatic carbocycles. The summed E-state index contributed by atoms with van der Waals surface area (Å²) in [7, 11) is 0. The maximum atomic E-state index is 11.6. The molecule has 0 saturated carbocycles. The van der Waals surface area contributed by atoms with Crippen molar-refractivity contribution in [1.82, 2.24) is 0 Å². The molecule has 5 heteroatoms. The number of carbonyl (C=O) groups is 2. The van der Waals surface area contributed by atoms with Crippen LogP contribution in [0, 0.1) is 13.8 Å². The van der Waals surface area contributed by atoms with Crippen molar-refractivity contribution < 1.29 is 14.7 Å². The van der Waals surface area contributed by atoms with Crippen molar-refractivity contribution in [2.45, 2.75) is 26.3 Å². The monoisotopic (exact) mass is 236 g/mol. The minimum atomic E-state index is -1.09. The number of rotatable bonds is 4. The summed E-state index contributed by atoms with van der Waals surface area (Å²) in [5, 5.41) is 11.1. The first-order valence-electron chi connectivity index (χ1n) is 5.25. The third-order valence-corrected chi connectivity index (χ3v) is 2.22. The van der Waals surface area contributed by atoms with Gasteiger partial charge in [-0.3, -0.25) is 9.59 Å². The largest absolute Gasteiger partial charge is 0.481 e. The molecule has 1 atom stereocenters. The summed E-state index contributed by atoms with van der Waals surface area (Å²) in [5.41, 5.74) is 8.12. The Kier molecular flexibility index (Phi) is 4.23. The van der Waals surface area contributed by atoms with Gasteiger partial charge in [-0.05, 0) is 37.1 Å². The van der Waals surface area contributed by atoms with Crippen LogP contribution >= 0.6 is 0 Å². The van der Waals surface area contributed by atoms with Crippen molar-refractivity contribution in [3.8, 4) is 0 Å². The van der Waals surface area contributed by atoms with Gasteiger partial charge in [-0.2, -0.15) is 0 Å². The topological polar surface area (TPSA) is 92.4 Å². The molecular weight excluding hydrogens is 220 g/mol. The van der Waals surface area contributed by atoms with Crippen molar-refractivity contribution >= 4 is 17.6 Å². The molecule has 0 radical (unpaired) electrons. The number of aryl methyl sites for hydroxylation is 2. The molecule has 0 bridgehead atoms. The number of anilines is 1. The molecule has 5 nitrogen and oxygen atoms in total. The van der Waals surface area contributed by atoms with Gasteiger partial charge >= 0.3 is 5.97 Å². The molecule has 0 fully saturated rings. The van der Waals surface area contributed by atoms with E-state index in [-0.39, 0.29) is 6.42 Å². The molecule has 1 amide bonds. The summed E-state index contributed by atoms with van der Waals surface area (Å²) in [5.74, 6) is -1.58. The first kappa shape index (κ1) is 13.2. The summed E-state index contributed by atoms with van der Waals surface area (Å²) in [6.45, 7) is 3.83. The summed E-state index contributed by atoms with van der Waals surface area (Å²) in [6.07, 6.45) is -0.378. The fourth-order valence-corrected chi connectivity index (χ4v) is 1.56. The molecule has 0 aromatic heterocycles. The standard InChI is InChI=1S/C12H16N2O3/c1-7-3-8(2)5-9(4-7)14-12(17)10(13)6-11(15)16/h3-5,10H,6,13H2,1-2H3,(H,14,17)(H,15,16). The molecule has 4 N–H and O–H groups in total. The number of hydrogen-bond acceptors (Lipinski definition) is 3. The van der Waals surface area contributed by atoms with E-state index < -0.39 is 17.9 Å². The van der Waals surface area contributed by atoms with Gasteiger partial charge in [0.15, 0.2) is 0 Å². The van der Waals surface area contributed by atoms with E-state index in [1.54, 1.807) is 12.1 Å². The fourth-order valence-electron chi connectivity index (χ4n) is 1.56. The van der Waals surface area contributed by atoms with E-state index >= 15 is 0 Å². The number of benzene rings is 1. The SMILES string of the molecule is Cc1cc(C)cc(NC(=O)C(N)CC(=O)O)c1. The second-order valence-corrected chi connectivity index (χ2v) is 4.07. The Morgan fingerprint density at radius 2 is 1.82 bits per heavy atom. The minimum Gasteiger partial charge on any atom is -0.481 e. The number of carboxylic acid groups (broad SMARTS) is 1. The predicted molar refractivity (Wildman–Crippen MR) is 64.8 cm³/mol. The first-order chi connectivity index (χ1) is 7.88. The third-order valence-electron chi connectivity index (χ3n) is 2.22. The summed E-state index contributed by atoms with van der Waals surface area (Å²) < 4.78 is 0. The first-order valence-corrected chi connectivity index (χ1v) is 5.25. The van der Waals surface area contributed by atoms with Crippen LogP contribution in [0.15, 0.2) is 18.2 Å². The Bertz CT molecular complexity index is 423. The molecule has 92 valence electrons. The molecule has 0 aliphatic heterocycles. The van der Waals surface area contributed by atoms with E-state index in [2.05, 4.69) is 5.32 Å². The maximum Gasteiger partial charge on any atom is 0.305 e. The van der Waals surface area contributed by atoms with Gasteiger partial charge in [-0.1, -0.05) is 6.07 Å². The lowest BCUT2D eigenvalue weighted by atomic mass is 10.1. The Balaban J connectivity index is 2.70. The van der Waals surface area contributed by atoms with Crippen LogP contribution < -0.4 is 11.1 Å². The molecule has 0 saturated heterocycles. The lowest BCUT2D eigenvalue weighted by Crippen LogP contribution is -2.37. The molecule has 1 rings (SSSR count). The molecule has 0 heterocycles. The molecule has 1 aromatic carbocycles. The van der Waals surface area contributed by atoms with Crippen LogP contribution in [-0.4, -0.2) is 23.0 Å². The van der Waals surface area contributed by atoms with Crippen molar-refractivity contribution in [3.63, 3.8) is 0 Å². The number of carboxylic acids is 1. The molecular formula is C12H16N2O3. The third kappa shape index (κ3) is 4.24. The zero-order chi connectivity index (χ0) is 13.0. The molecule has 0 aliphatic rings. The van der Waals surface area contributed by atoms with Crippen molar-refractivity contribution in [3.05, 3.63) is 29.3 Å². The second-order valence-electron chi connectivity index (χ2n) is 4.07. The Morgan fingerprint density at radius 1 is 1.29 bits per heavy atom. The average molecular weight is 236 g/mol. The Labute approximate surface area is 99.6 Å². The van der Waals surface area contributed by atoms with E-state index in [0.29, 0.717) is 5.69 Å². The summed E-state index contributed by atoms with van der Waals surface area (Å²) in [4.78, 5) is 22.0. The van der Waals surface area contributed by atoms with E-state index in [1.165, 1.54) is 0 Å². The van der Waals surface area contributed by atoms with E-state index in [0.717, 1.165) is 11.1 Å². The zero-order valence-electron chi connectivity index (χ0n) is 9.86. The van der Waals surface area contributed by atoms with Crippen LogP contribution in [-0.2, 0) is 9.59 Å². The van der Waals surface area contributed by atoms with Gasteiger partial charge < -0.3 is 16.2 Å². The number of amides is 1. The molecule has 0 spiro atoms. The van der Waals surface area contributed by atoms with E-state index in [9.17, 15) is 9.59 Å². The van der Waals surface area contributed by atoms with Crippen LogP contribution in [0.3, 0.4) is 0 Å². The van der Waals surface area contributed by atoms with Crippen LogP contribution in [0.4, 0.5) is 5.69 Å². The Morgan fingerprint density at radius 3 is 2.29 bits per heavy atom. The molecule has 1 aromatic rings. The van der Waals surface area contributed by atoms with Crippen LogP contribution in [0.25, 0.3) is 0 Å². The zero-order valence-corrected chi connectivity index (χ0v) is 9.86. The normalized spacial score (nSPS) is 11.9. The van der Waals surface area contributed by atoms with Gasteiger partial charge in [-0.15, -0.1) is 0 Å². The fraction of sp³-hybridized carbons (Fsp3) is 0.333. The van der Waals surface area contributed by atoms with Crippen LogP contribution in [0.2, 0.25) is 0 Å². The second kappa shape index (κ2) is 5.45. The van der Waals surface area contributed by atoms with Gasteiger partial charge in [0.25, 0.3) is 0 Å². The molecule has 1 unspecified atom stereocenters. The van der Waals surface area contributed by atoms with Crippen molar-refractivity contribution in [2.24, 2.45) is 5.73 Å². The highest BCUT2D eigenvalue weighted by molar-refractivity contribution is 5.96. The van der Waals surface area contributed by atoms with Crippen molar-refractivity contribution in [2.75, 3.05) is 5.32 Å². The van der Waals surface area contributed by atoms with E-state index in [1.807, 2.05) is 19.9 Å². The van der Waals surface area contributed by atoms with Crippen LogP contribution in [0.5, 0.6) is 0 Å². The van der Waals surface area contributed by atoms with Crippen LogP contribution in [0.1, 0.15) is 17.5 Å². The minimum absolute atomic E-state index is 0.378. The maximum absolute atomic E-state index is 11.6.